The Balaban J connectivity index is 1.64. The first-order valence-electron chi connectivity index (χ1n) is 9.64. The molecule has 3 N–H and O–H groups in total. The summed E-state index contributed by atoms with van der Waals surface area (Å²) in [5.41, 5.74) is -0.512. The van der Waals surface area contributed by atoms with Crippen molar-refractivity contribution < 1.29 is 34.0 Å². The first kappa shape index (κ1) is 24.2. The number of hydrogen-bond acceptors (Lipinski definition) is 9. The van der Waals surface area contributed by atoms with Gasteiger partial charge in [0.05, 0.1) is 22.5 Å². The molecule has 0 saturated carbocycles. The van der Waals surface area contributed by atoms with Crippen molar-refractivity contribution in [3.8, 4) is 5.75 Å². The number of nitrogens with one attached hydrogen (secondary N) is 1. The minimum absolute atomic E-state index is 0.119. The van der Waals surface area contributed by atoms with E-state index < -0.39 is 46.0 Å². The molecule has 2 atom stereocenters. The van der Waals surface area contributed by atoms with E-state index in [9.17, 15) is 39.6 Å². The molecular weight excluding hydrogens is 457 g/mol. The lowest BCUT2D eigenvalue weighted by Gasteiger charge is -2.22. The monoisotopic (exact) mass is 475 g/mol. The molecule has 0 bridgehead atoms. The van der Waals surface area contributed by atoms with Gasteiger partial charge >= 0.3 is 5.69 Å². The van der Waals surface area contributed by atoms with Crippen molar-refractivity contribution in [3.05, 3.63) is 92.0 Å². The number of nitrogens with zero attached hydrogens (tertiary/aromatic N) is 4. The molecule has 0 fully saturated rings. The molecule has 34 heavy (non-hydrogen) atoms. The van der Waals surface area contributed by atoms with Crippen molar-refractivity contribution in [2.45, 2.75) is 18.9 Å². The SMILES string of the molecule is O=C(NC(CO)C(O)c1ccc([N+](=O)[O-])cc1)c1ccn(COc2cc(F)ccc2[N+](=O)[O-])n1. The molecular formula is C20H18FN5O8. The van der Waals surface area contributed by atoms with Crippen LogP contribution in [-0.4, -0.2) is 48.4 Å². The standard InChI is InChI=1S/C20H18FN5O8/c21-13-3-6-17(26(32)33)18(9-13)34-11-24-8-7-15(23-24)20(29)22-16(10-27)19(28)12-1-4-14(5-2-12)25(30)31/h1-9,16,19,27-28H,10-11H2,(H,22,29). The van der Waals surface area contributed by atoms with Crippen molar-refractivity contribution in [1.82, 2.24) is 15.1 Å². The zero-order chi connectivity index (χ0) is 24.8. The van der Waals surface area contributed by atoms with E-state index >= 15 is 0 Å². The van der Waals surface area contributed by atoms with Crippen LogP contribution in [0.1, 0.15) is 22.2 Å². The van der Waals surface area contributed by atoms with Crippen molar-refractivity contribution in [3.63, 3.8) is 0 Å². The van der Waals surface area contributed by atoms with E-state index in [0.29, 0.717) is 0 Å². The number of hydrogen-bond donors (Lipinski definition) is 3. The van der Waals surface area contributed by atoms with Crippen LogP contribution in [0.15, 0.2) is 54.7 Å². The number of carbonyl (C=O) groups is 1. The Kier molecular flexibility index (Phi) is 7.45. The first-order valence-corrected chi connectivity index (χ1v) is 9.64. The van der Waals surface area contributed by atoms with Gasteiger partial charge in [-0.25, -0.2) is 9.07 Å². The third-order valence-corrected chi connectivity index (χ3v) is 4.68. The van der Waals surface area contributed by atoms with Gasteiger partial charge in [0.15, 0.2) is 6.73 Å². The number of benzene rings is 2. The summed E-state index contributed by atoms with van der Waals surface area (Å²) in [6, 6.07) is 7.84. The van der Waals surface area contributed by atoms with Crippen LogP contribution in [-0.2, 0) is 6.73 Å². The highest BCUT2D eigenvalue weighted by molar-refractivity contribution is 5.92. The Bertz CT molecular complexity index is 1200. The number of carbonyl (C=O) groups excluding carboxylic acids is 1. The second kappa shape index (κ2) is 10.5. The summed E-state index contributed by atoms with van der Waals surface area (Å²) in [5, 5.41) is 48.2. The lowest BCUT2D eigenvalue weighted by atomic mass is 10.0. The van der Waals surface area contributed by atoms with Gasteiger partial charge in [-0.05, 0) is 29.8 Å². The summed E-state index contributed by atoms with van der Waals surface area (Å²) in [6.07, 6.45) is -0.0329. The lowest BCUT2D eigenvalue weighted by Crippen LogP contribution is -2.42. The van der Waals surface area contributed by atoms with Crippen LogP contribution in [0.25, 0.3) is 0 Å². The van der Waals surface area contributed by atoms with Crippen LogP contribution in [0.4, 0.5) is 15.8 Å². The summed E-state index contributed by atoms with van der Waals surface area (Å²) in [5.74, 6) is -1.81. The summed E-state index contributed by atoms with van der Waals surface area (Å²) < 4.78 is 19.8. The van der Waals surface area contributed by atoms with Crippen LogP contribution < -0.4 is 10.1 Å². The largest absolute Gasteiger partial charge is 0.464 e. The summed E-state index contributed by atoms with van der Waals surface area (Å²) >= 11 is 0. The minimum Gasteiger partial charge on any atom is -0.464 e. The van der Waals surface area contributed by atoms with E-state index in [1.165, 1.54) is 36.5 Å². The normalized spacial score (nSPS) is 12.6. The van der Waals surface area contributed by atoms with E-state index in [1.807, 2.05) is 0 Å². The third-order valence-electron chi connectivity index (χ3n) is 4.68. The number of non-ortho nitro benzene ring substituents is 1. The number of halogens is 1. The van der Waals surface area contributed by atoms with Gasteiger partial charge in [-0.3, -0.25) is 25.0 Å². The fraction of sp³-hybridized carbons (Fsp3) is 0.200. The Morgan fingerprint density at radius 1 is 1.15 bits per heavy atom. The molecule has 3 aromatic rings. The second-order valence-electron chi connectivity index (χ2n) is 6.94. The van der Waals surface area contributed by atoms with Crippen molar-refractivity contribution >= 4 is 17.3 Å². The van der Waals surface area contributed by atoms with Crippen LogP contribution in [0.5, 0.6) is 5.75 Å². The van der Waals surface area contributed by atoms with Crippen LogP contribution >= 0.6 is 0 Å². The second-order valence-corrected chi connectivity index (χ2v) is 6.94. The highest BCUT2D eigenvalue weighted by Crippen LogP contribution is 2.27. The Morgan fingerprint density at radius 3 is 2.47 bits per heavy atom. The molecule has 1 heterocycles. The van der Waals surface area contributed by atoms with Gasteiger partial charge in [-0.1, -0.05) is 0 Å². The van der Waals surface area contributed by atoms with Gasteiger partial charge in [0.25, 0.3) is 11.6 Å². The summed E-state index contributed by atoms with van der Waals surface area (Å²) in [7, 11) is 0. The van der Waals surface area contributed by atoms with E-state index in [1.54, 1.807) is 0 Å². The van der Waals surface area contributed by atoms with Gasteiger partial charge < -0.3 is 20.3 Å². The zero-order valence-corrected chi connectivity index (χ0v) is 17.3. The molecule has 0 saturated heterocycles. The Labute approximate surface area is 190 Å². The van der Waals surface area contributed by atoms with Gasteiger partial charge in [-0.2, -0.15) is 5.10 Å². The average Bonchev–Trinajstić information content (AvgIpc) is 3.30. The van der Waals surface area contributed by atoms with E-state index in [2.05, 4.69) is 10.4 Å². The summed E-state index contributed by atoms with van der Waals surface area (Å²) in [4.78, 5) is 32.9. The third kappa shape index (κ3) is 5.67. The number of aliphatic hydroxyl groups is 2. The van der Waals surface area contributed by atoms with Crippen molar-refractivity contribution in [2.75, 3.05) is 6.61 Å². The zero-order valence-electron chi connectivity index (χ0n) is 17.3. The number of nitro benzene ring substituents is 2. The molecule has 178 valence electrons. The molecule has 2 unspecified atom stereocenters. The lowest BCUT2D eigenvalue weighted by molar-refractivity contribution is -0.386. The van der Waals surface area contributed by atoms with Gasteiger partial charge in [0.1, 0.15) is 17.6 Å². The fourth-order valence-corrected chi connectivity index (χ4v) is 2.94. The number of rotatable bonds is 10. The number of aromatic nitrogens is 2. The van der Waals surface area contributed by atoms with E-state index in [4.69, 9.17) is 4.74 Å². The topological polar surface area (TPSA) is 183 Å². The first-order chi connectivity index (χ1) is 16.2. The smallest absolute Gasteiger partial charge is 0.311 e. The molecule has 0 aliphatic heterocycles. The fourth-order valence-electron chi connectivity index (χ4n) is 2.94. The van der Waals surface area contributed by atoms with Gasteiger partial charge in [0, 0.05) is 30.5 Å². The van der Waals surface area contributed by atoms with Crippen LogP contribution in [0, 0.1) is 26.0 Å². The van der Waals surface area contributed by atoms with Crippen LogP contribution in [0.3, 0.4) is 0 Å². The minimum atomic E-state index is -1.37. The number of nitro groups is 2. The molecule has 1 aromatic heterocycles. The van der Waals surface area contributed by atoms with E-state index in [0.717, 1.165) is 22.9 Å². The number of amides is 1. The Morgan fingerprint density at radius 2 is 1.85 bits per heavy atom. The molecule has 3 rings (SSSR count). The number of aliphatic hydroxyl groups excluding tert-OH is 2. The highest BCUT2D eigenvalue weighted by atomic mass is 19.1. The molecule has 14 heteroatoms. The van der Waals surface area contributed by atoms with E-state index in [-0.39, 0.29) is 29.4 Å². The predicted octanol–water partition coefficient (Wildman–Crippen LogP) is 1.70. The Hall–Kier alpha value is -4.43. The molecule has 0 radical (unpaired) electrons. The maximum Gasteiger partial charge on any atom is 0.311 e. The van der Waals surface area contributed by atoms with Crippen molar-refractivity contribution in [2.24, 2.45) is 0 Å². The molecule has 13 nitrogen and oxygen atoms in total. The molecule has 0 spiro atoms. The molecule has 1 amide bonds. The maximum absolute atomic E-state index is 13.4. The maximum atomic E-state index is 13.4. The number of ether oxygens (including phenoxy) is 1. The molecule has 2 aromatic carbocycles. The molecule has 0 aliphatic carbocycles. The highest BCUT2D eigenvalue weighted by Gasteiger charge is 2.24. The van der Waals surface area contributed by atoms with Gasteiger partial charge in [0.2, 0.25) is 5.75 Å². The van der Waals surface area contributed by atoms with Crippen LogP contribution in [0.2, 0.25) is 0 Å². The molecule has 0 aliphatic rings. The van der Waals surface area contributed by atoms with Gasteiger partial charge in [-0.15, -0.1) is 0 Å². The summed E-state index contributed by atoms with van der Waals surface area (Å²) in [6.45, 7) is -1.01. The average molecular weight is 475 g/mol. The van der Waals surface area contributed by atoms with Crippen molar-refractivity contribution in [1.29, 1.82) is 0 Å². The predicted molar refractivity (Wildman–Crippen MR) is 112 cm³/mol. The quantitative estimate of drug-likeness (QED) is 0.290.